The van der Waals surface area contributed by atoms with Gasteiger partial charge in [0.1, 0.15) is 5.92 Å². The highest BCUT2D eigenvalue weighted by Crippen LogP contribution is 2.47. The molecule has 0 radical (unpaired) electrons. The van der Waals surface area contributed by atoms with Crippen molar-refractivity contribution in [1.29, 1.82) is 0 Å². The number of allylic oxidation sites excluding steroid dienone is 2. The van der Waals surface area contributed by atoms with Gasteiger partial charge < -0.3 is 25.3 Å². The third kappa shape index (κ3) is 3.84. The van der Waals surface area contributed by atoms with E-state index in [0.29, 0.717) is 23.3 Å². The van der Waals surface area contributed by atoms with E-state index in [9.17, 15) is 14.4 Å². The first-order chi connectivity index (χ1) is 20.2. The number of carbonyl (C=O) groups excluding carboxylic acids is 3. The molecule has 2 aromatic rings. The summed E-state index contributed by atoms with van der Waals surface area (Å²) in [6.45, 7) is 14.4. The first-order valence-electron chi connectivity index (χ1n) is 14.7. The van der Waals surface area contributed by atoms with Gasteiger partial charge >= 0.3 is 5.97 Å². The van der Waals surface area contributed by atoms with E-state index in [1.807, 2.05) is 32.1 Å². The molecular weight excluding hydrogens is 528 g/mol. The number of aromatic amines is 2. The van der Waals surface area contributed by atoms with Crippen LogP contribution in [0.5, 0.6) is 0 Å². The van der Waals surface area contributed by atoms with Gasteiger partial charge in [0.15, 0.2) is 12.1 Å². The third-order valence-electron chi connectivity index (χ3n) is 9.80. The summed E-state index contributed by atoms with van der Waals surface area (Å²) in [6, 6.07) is -0.479. The van der Waals surface area contributed by atoms with Crippen molar-refractivity contribution in [3.63, 3.8) is 0 Å². The van der Waals surface area contributed by atoms with Gasteiger partial charge in [-0.3, -0.25) is 14.4 Å². The first-order valence-corrected chi connectivity index (χ1v) is 14.7. The van der Waals surface area contributed by atoms with E-state index in [4.69, 9.17) is 4.74 Å². The van der Waals surface area contributed by atoms with E-state index in [1.54, 1.807) is 0 Å². The number of aromatic nitrogens is 2. The fourth-order valence-electron chi connectivity index (χ4n) is 7.55. The summed E-state index contributed by atoms with van der Waals surface area (Å²) in [7, 11) is 1.34. The molecule has 3 aliphatic heterocycles. The van der Waals surface area contributed by atoms with Crippen molar-refractivity contribution < 1.29 is 19.1 Å². The lowest BCUT2D eigenvalue weighted by atomic mass is 9.84. The SMILES string of the molecule is C=Cc1c(C)/c2[nH]/c1=C/c1[nH]c(c(CC)c1C=O)/C=C1\N[C@H]3C(=C1C)C(=O)[C@H](C(=O)OC)/C3=C1/NC(\C=2)[C@@H](C)[C@@H]1CC. The van der Waals surface area contributed by atoms with Gasteiger partial charge in [-0.1, -0.05) is 33.4 Å². The van der Waals surface area contributed by atoms with Gasteiger partial charge in [0.25, 0.3) is 0 Å². The predicted molar refractivity (Wildman–Crippen MR) is 163 cm³/mol. The summed E-state index contributed by atoms with van der Waals surface area (Å²) in [4.78, 5) is 46.6. The molecule has 0 spiro atoms. The molecular formula is C34H38N4O4. The van der Waals surface area contributed by atoms with E-state index in [2.05, 4.69) is 54.0 Å². The van der Waals surface area contributed by atoms with Crippen LogP contribution in [0.1, 0.15) is 72.6 Å². The molecule has 5 atom stereocenters. The van der Waals surface area contributed by atoms with Crippen molar-refractivity contribution in [3.05, 3.63) is 79.0 Å². The van der Waals surface area contributed by atoms with Gasteiger partial charge in [-0.05, 0) is 73.1 Å². The van der Waals surface area contributed by atoms with E-state index in [1.165, 1.54) is 7.11 Å². The maximum Gasteiger partial charge on any atom is 0.320 e. The standard InChI is InChI=1S/C34H38N4O4/c1-8-18-15(4)22-11-23-16(5)19(9-2)31(37-23)29-30(34(41)42-7)33(40)28-17(6)24(38-32(28)29)12-26-20(10-3)21(14-39)27(36-26)13-25(18)35-22/h8,11-14,16,19,23,30,32,35-38H,1,9-10H2,2-7H3/b22-11-,24-12-,25-13+,31-29-/t16-,19-,23?,30+,32-/m0/s1. The summed E-state index contributed by atoms with van der Waals surface area (Å²) >= 11 is 0. The third-order valence-corrected chi connectivity index (χ3v) is 9.80. The van der Waals surface area contributed by atoms with Crippen molar-refractivity contribution in [2.24, 2.45) is 17.8 Å². The van der Waals surface area contributed by atoms with Crippen LogP contribution in [0.15, 0.2) is 34.7 Å². The molecule has 8 bridgehead atoms. The van der Waals surface area contributed by atoms with E-state index in [-0.39, 0.29) is 23.7 Å². The number of Topliss-reactive ketones (excluding diaryl/α,β-unsaturated/α-hetero) is 1. The Morgan fingerprint density at radius 2 is 1.83 bits per heavy atom. The zero-order chi connectivity index (χ0) is 30.0. The van der Waals surface area contributed by atoms with Crippen LogP contribution in [0.4, 0.5) is 0 Å². The summed E-state index contributed by atoms with van der Waals surface area (Å²) in [5, 5.41) is 9.18. The van der Waals surface area contributed by atoms with Crippen LogP contribution in [-0.2, 0) is 20.7 Å². The molecule has 2 fully saturated rings. The first kappa shape index (κ1) is 27.8. The number of rotatable bonds is 5. The molecule has 4 aliphatic rings. The van der Waals surface area contributed by atoms with Crippen LogP contribution < -0.4 is 21.3 Å². The van der Waals surface area contributed by atoms with Gasteiger partial charge in [0.2, 0.25) is 0 Å². The molecule has 1 saturated carbocycles. The molecule has 4 N–H and O–H groups in total. The molecule has 8 nitrogen and oxygen atoms in total. The van der Waals surface area contributed by atoms with Crippen LogP contribution in [0.2, 0.25) is 0 Å². The number of methoxy groups -OCH3 is 1. The maximum atomic E-state index is 14.0. The maximum absolute atomic E-state index is 14.0. The van der Waals surface area contributed by atoms with Crippen LogP contribution in [0.3, 0.4) is 0 Å². The number of nitrogens with one attached hydrogen (secondary N) is 4. The van der Waals surface area contributed by atoms with Gasteiger partial charge in [-0.2, -0.15) is 0 Å². The normalized spacial score (nSPS) is 30.5. The number of carbonyl (C=O) groups is 3. The quantitative estimate of drug-likeness (QED) is 0.251. The van der Waals surface area contributed by atoms with Gasteiger partial charge in [0, 0.05) is 56.4 Å². The number of esters is 1. The Bertz CT molecular complexity index is 1780. The van der Waals surface area contributed by atoms with E-state index < -0.39 is 17.9 Å². The summed E-state index contributed by atoms with van der Waals surface area (Å²) < 4.78 is 5.18. The Kier molecular flexibility index (Phi) is 6.75. The zero-order valence-electron chi connectivity index (χ0n) is 25.0. The number of aldehydes is 1. The Morgan fingerprint density at radius 3 is 2.48 bits per heavy atom. The second-order valence-electron chi connectivity index (χ2n) is 11.7. The Balaban J connectivity index is 1.72. The van der Waals surface area contributed by atoms with Crippen LogP contribution in [0, 0.1) is 24.7 Å². The molecule has 1 unspecified atom stereocenters. The zero-order valence-corrected chi connectivity index (χ0v) is 25.0. The molecule has 42 heavy (non-hydrogen) atoms. The summed E-state index contributed by atoms with van der Waals surface area (Å²) in [5.41, 5.74) is 8.96. The summed E-state index contributed by atoms with van der Waals surface area (Å²) in [5.74, 6) is -1.42. The molecule has 218 valence electrons. The number of fused-ring (bicyclic) bond motifs is 7. The lowest BCUT2D eigenvalue weighted by molar-refractivity contribution is -0.146. The van der Waals surface area contributed by atoms with Crippen molar-refractivity contribution in [3.8, 4) is 0 Å². The highest BCUT2D eigenvalue weighted by atomic mass is 16.5. The Hall–Kier alpha value is -4.33. The number of ether oxygens (including phenoxy) is 1. The van der Waals surface area contributed by atoms with Gasteiger partial charge in [-0.15, -0.1) is 0 Å². The van der Waals surface area contributed by atoms with Crippen molar-refractivity contribution in [1.82, 2.24) is 20.6 Å². The molecule has 8 heteroatoms. The topological polar surface area (TPSA) is 116 Å². The Morgan fingerprint density at radius 1 is 1.07 bits per heavy atom. The molecule has 6 rings (SSSR count). The number of hydrogen-bond acceptors (Lipinski definition) is 6. The largest absolute Gasteiger partial charge is 0.468 e. The monoisotopic (exact) mass is 566 g/mol. The molecule has 0 amide bonds. The number of ketones is 1. The number of H-pyrrole nitrogens is 2. The fourth-order valence-corrected chi connectivity index (χ4v) is 7.55. The van der Waals surface area contributed by atoms with Crippen molar-refractivity contribution in [2.75, 3.05) is 7.11 Å². The molecule has 2 aromatic heterocycles. The highest BCUT2D eigenvalue weighted by molar-refractivity contribution is 6.17. The molecule has 1 saturated heterocycles. The molecule has 5 heterocycles. The highest BCUT2D eigenvalue weighted by Gasteiger charge is 2.53. The van der Waals surface area contributed by atoms with Crippen LogP contribution in [0.25, 0.3) is 24.3 Å². The van der Waals surface area contributed by atoms with E-state index >= 15 is 0 Å². The number of hydrogen-bond donors (Lipinski definition) is 4. The lowest BCUT2D eigenvalue weighted by Crippen LogP contribution is -2.32. The molecule has 1 aliphatic carbocycles. The summed E-state index contributed by atoms with van der Waals surface area (Å²) in [6.07, 6.45) is 10.4. The van der Waals surface area contributed by atoms with Gasteiger partial charge in [-0.25, -0.2) is 0 Å². The predicted octanol–water partition coefficient (Wildman–Crippen LogP) is 3.18. The van der Waals surface area contributed by atoms with Gasteiger partial charge in [0.05, 0.1) is 18.8 Å². The van der Waals surface area contributed by atoms with E-state index in [0.717, 1.165) is 68.3 Å². The minimum Gasteiger partial charge on any atom is -0.468 e. The van der Waals surface area contributed by atoms with Crippen LogP contribution >= 0.6 is 0 Å². The molecule has 0 aromatic carbocycles. The second-order valence-corrected chi connectivity index (χ2v) is 11.7. The smallest absolute Gasteiger partial charge is 0.320 e. The lowest BCUT2D eigenvalue weighted by Gasteiger charge is -2.22. The minimum atomic E-state index is -0.994. The van der Waals surface area contributed by atoms with Crippen LogP contribution in [-0.4, -0.2) is 47.2 Å². The minimum absolute atomic E-state index is 0.0403. The average molecular weight is 567 g/mol. The average Bonchev–Trinajstić information content (AvgIpc) is 3.72. The van der Waals surface area contributed by atoms with Crippen molar-refractivity contribution >= 4 is 42.3 Å². The Labute approximate surface area is 245 Å². The fraction of sp³-hybridized carbons (Fsp3) is 0.382. The van der Waals surface area contributed by atoms with Crippen molar-refractivity contribution in [2.45, 2.75) is 59.5 Å². The second kappa shape index (κ2) is 10.2.